The fourth-order valence-electron chi connectivity index (χ4n) is 2.25. The SMILES string of the molecule is CC(=O)N1C[C@H]2C[C@@H]1CN2C. The molecule has 0 saturated carbocycles. The molecular formula is C8H14N2O. The predicted octanol–water partition coefficient (Wildman–Crippen LogP) is -0.0788. The molecule has 3 nitrogen and oxygen atoms in total. The normalized spacial score (nSPS) is 36.7. The summed E-state index contributed by atoms with van der Waals surface area (Å²) in [5.74, 6) is 0.241. The molecule has 3 heteroatoms. The molecule has 2 heterocycles. The Labute approximate surface area is 67.0 Å². The average molecular weight is 154 g/mol. The number of hydrogen-bond acceptors (Lipinski definition) is 2. The van der Waals surface area contributed by atoms with E-state index in [-0.39, 0.29) is 5.91 Å². The van der Waals surface area contributed by atoms with Crippen LogP contribution >= 0.6 is 0 Å². The van der Waals surface area contributed by atoms with E-state index in [0.29, 0.717) is 12.1 Å². The highest BCUT2D eigenvalue weighted by Gasteiger charge is 2.42. The first-order valence-electron chi connectivity index (χ1n) is 4.16. The Morgan fingerprint density at radius 3 is 2.45 bits per heavy atom. The summed E-state index contributed by atoms with van der Waals surface area (Å²) in [6.07, 6.45) is 1.19. The largest absolute Gasteiger partial charge is 0.337 e. The van der Waals surface area contributed by atoms with E-state index in [9.17, 15) is 4.79 Å². The second-order valence-electron chi connectivity index (χ2n) is 3.65. The first-order chi connectivity index (χ1) is 5.18. The Balaban J connectivity index is 2.08. The molecule has 2 atom stereocenters. The molecule has 0 spiro atoms. The standard InChI is InChI=1S/C8H14N2O/c1-6(11)10-5-7-3-8(10)4-9(7)2/h7-8H,3-5H2,1-2H3/t7-,8-/m1/s1. The zero-order valence-electron chi connectivity index (χ0n) is 7.08. The first kappa shape index (κ1) is 7.10. The zero-order chi connectivity index (χ0) is 8.01. The lowest BCUT2D eigenvalue weighted by Crippen LogP contribution is -2.46. The van der Waals surface area contributed by atoms with Crippen molar-refractivity contribution < 1.29 is 4.79 Å². The maximum absolute atomic E-state index is 11.0. The minimum absolute atomic E-state index is 0.241. The second kappa shape index (κ2) is 2.21. The molecular weight excluding hydrogens is 140 g/mol. The highest BCUT2D eigenvalue weighted by molar-refractivity contribution is 5.74. The third kappa shape index (κ3) is 0.948. The van der Waals surface area contributed by atoms with E-state index in [1.165, 1.54) is 6.42 Å². The van der Waals surface area contributed by atoms with Crippen LogP contribution in [0.2, 0.25) is 0 Å². The van der Waals surface area contributed by atoms with E-state index in [1.807, 2.05) is 4.90 Å². The van der Waals surface area contributed by atoms with Gasteiger partial charge in [0.05, 0.1) is 0 Å². The van der Waals surface area contributed by atoms with E-state index in [0.717, 1.165) is 13.1 Å². The van der Waals surface area contributed by atoms with Crippen molar-refractivity contribution in [1.29, 1.82) is 0 Å². The molecule has 2 aliphatic heterocycles. The van der Waals surface area contributed by atoms with Gasteiger partial charge in [-0.05, 0) is 13.5 Å². The third-order valence-electron chi connectivity index (χ3n) is 2.92. The summed E-state index contributed by atoms with van der Waals surface area (Å²) < 4.78 is 0. The third-order valence-corrected chi connectivity index (χ3v) is 2.92. The number of carbonyl (C=O) groups is 1. The molecule has 11 heavy (non-hydrogen) atoms. The van der Waals surface area contributed by atoms with Crippen molar-refractivity contribution >= 4 is 5.91 Å². The summed E-state index contributed by atoms with van der Waals surface area (Å²) in [7, 11) is 2.14. The summed E-state index contributed by atoms with van der Waals surface area (Å²) in [6, 6.07) is 1.16. The van der Waals surface area contributed by atoms with Crippen LogP contribution in [0.1, 0.15) is 13.3 Å². The number of rotatable bonds is 0. The van der Waals surface area contributed by atoms with Crippen molar-refractivity contribution in [3.05, 3.63) is 0 Å². The number of hydrogen-bond donors (Lipinski definition) is 0. The Hall–Kier alpha value is -0.570. The molecule has 0 aliphatic carbocycles. The van der Waals surface area contributed by atoms with Gasteiger partial charge in [-0.15, -0.1) is 0 Å². The number of fused-ring (bicyclic) bond motifs is 2. The number of carbonyl (C=O) groups excluding carboxylic acids is 1. The van der Waals surface area contributed by atoms with E-state index in [4.69, 9.17) is 0 Å². The number of likely N-dealkylation sites (tertiary alicyclic amines) is 2. The minimum atomic E-state index is 0.241. The fraction of sp³-hybridized carbons (Fsp3) is 0.875. The Kier molecular flexibility index (Phi) is 1.42. The van der Waals surface area contributed by atoms with E-state index in [2.05, 4.69) is 11.9 Å². The molecule has 0 unspecified atom stereocenters. The highest BCUT2D eigenvalue weighted by atomic mass is 16.2. The summed E-state index contributed by atoms with van der Waals surface area (Å²) in [5, 5.41) is 0. The van der Waals surface area contributed by atoms with E-state index < -0.39 is 0 Å². The van der Waals surface area contributed by atoms with Gasteiger partial charge < -0.3 is 4.90 Å². The van der Waals surface area contributed by atoms with Crippen LogP contribution in [0.15, 0.2) is 0 Å². The molecule has 2 aliphatic rings. The van der Waals surface area contributed by atoms with Gasteiger partial charge >= 0.3 is 0 Å². The van der Waals surface area contributed by atoms with Gasteiger partial charge in [0.15, 0.2) is 0 Å². The molecule has 0 N–H and O–H groups in total. The van der Waals surface area contributed by atoms with Crippen molar-refractivity contribution in [1.82, 2.24) is 9.80 Å². The van der Waals surface area contributed by atoms with Gasteiger partial charge in [0.25, 0.3) is 0 Å². The molecule has 2 bridgehead atoms. The molecule has 0 radical (unpaired) electrons. The minimum Gasteiger partial charge on any atom is -0.337 e. The molecule has 62 valence electrons. The zero-order valence-corrected chi connectivity index (χ0v) is 7.08. The molecule has 2 saturated heterocycles. The summed E-state index contributed by atoms with van der Waals surface area (Å²) in [4.78, 5) is 15.4. The van der Waals surface area contributed by atoms with E-state index >= 15 is 0 Å². The van der Waals surface area contributed by atoms with Gasteiger partial charge in [0.2, 0.25) is 5.91 Å². The summed E-state index contributed by atoms with van der Waals surface area (Å²) in [6.45, 7) is 3.70. The van der Waals surface area contributed by atoms with Crippen LogP contribution in [-0.2, 0) is 4.79 Å². The van der Waals surface area contributed by atoms with E-state index in [1.54, 1.807) is 6.92 Å². The molecule has 0 aromatic carbocycles. The van der Waals surface area contributed by atoms with Crippen LogP contribution in [0.25, 0.3) is 0 Å². The lowest BCUT2D eigenvalue weighted by atomic mass is 10.2. The Morgan fingerprint density at radius 1 is 1.36 bits per heavy atom. The lowest BCUT2D eigenvalue weighted by Gasteiger charge is -2.31. The van der Waals surface area contributed by atoms with Crippen LogP contribution in [0.5, 0.6) is 0 Å². The predicted molar refractivity (Wildman–Crippen MR) is 42.2 cm³/mol. The molecule has 0 aromatic heterocycles. The summed E-state index contributed by atoms with van der Waals surface area (Å²) >= 11 is 0. The smallest absolute Gasteiger partial charge is 0.219 e. The van der Waals surface area contributed by atoms with Crippen LogP contribution in [0.3, 0.4) is 0 Å². The van der Waals surface area contributed by atoms with Crippen molar-refractivity contribution in [2.45, 2.75) is 25.4 Å². The van der Waals surface area contributed by atoms with Crippen LogP contribution < -0.4 is 0 Å². The van der Waals surface area contributed by atoms with Crippen molar-refractivity contribution in [3.63, 3.8) is 0 Å². The quantitative estimate of drug-likeness (QED) is 0.487. The Bertz CT molecular complexity index is 191. The van der Waals surface area contributed by atoms with Crippen LogP contribution in [-0.4, -0.2) is 47.9 Å². The molecule has 1 amide bonds. The van der Waals surface area contributed by atoms with Gasteiger partial charge in [-0.3, -0.25) is 9.69 Å². The number of likely N-dealkylation sites (N-methyl/N-ethyl adjacent to an activating group) is 1. The maximum Gasteiger partial charge on any atom is 0.219 e. The van der Waals surface area contributed by atoms with Crippen LogP contribution in [0.4, 0.5) is 0 Å². The summed E-state index contributed by atoms with van der Waals surface area (Å²) in [5.41, 5.74) is 0. The fourth-order valence-corrected chi connectivity index (χ4v) is 2.25. The van der Waals surface area contributed by atoms with Crippen molar-refractivity contribution in [2.75, 3.05) is 20.1 Å². The highest BCUT2D eigenvalue weighted by Crippen LogP contribution is 2.28. The van der Waals surface area contributed by atoms with Gasteiger partial charge in [-0.25, -0.2) is 0 Å². The average Bonchev–Trinajstić information content (AvgIpc) is 2.43. The van der Waals surface area contributed by atoms with Crippen molar-refractivity contribution in [3.8, 4) is 0 Å². The maximum atomic E-state index is 11.0. The van der Waals surface area contributed by atoms with Gasteiger partial charge in [-0.1, -0.05) is 0 Å². The van der Waals surface area contributed by atoms with Gasteiger partial charge in [-0.2, -0.15) is 0 Å². The molecule has 0 aromatic rings. The van der Waals surface area contributed by atoms with Gasteiger partial charge in [0, 0.05) is 32.1 Å². The number of nitrogens with zero attached hydrogens (tertiary/aromatic N) is 2. The first-order valence-corrected chi connectivity index (χ1v) is 4.16. The number of amides is 1. The monoisotopic (exact) mass is 154 g/mol. The molecule has 2 fully saturated rings. The lowest BCUT2D eigenvalue weighted by molar-refractivity contribution is -0.130. The second-order valence-corrected chi connectivity index (χ2v) is 3.65. The van der Waals surface area contributed by atoms with Gasteiger partial charge in [0.1, 0.15) is 0 Å². The molecule has 2 rings (SSSR count). The van der Waals surface area contributed by atoms with Crippen LogP contribution in [0, 0.1) is 0 Å². The topological polar surface area (TPSA) is 23.6 Å². The Morgan fingerprint density at radius 2 is 2.09 bits per heavy atom. The van der Waals surface area contributed by atoms with Crippen molar-refractivity contribution in [2.24, 2.45) is 0 Å². The number of piperazine rings is 1.